The van der Waals surface area contributed by atoms with E-state index in [0.29, 0.717) is 17.5 Å². The molecule has 0 fully saturated rings. The van der Waals surface area contributed by atoms with Crippen LogP contribution < -0.4 is 5.73 Å². The molecule has 4 rings (SSSR count). The fourth-order valence-electron chi connectivity index (χ4n) is 3.50. The van der Waals surface area contributed by atoms with E-state index in [0.717, 1.165) is 26.6 Å². The number of nitrogen functional groups attached to an aromatic ring is 1. The predicted molar refractivity (Wildman–Crippen MR) is 145 cm³/mol. The van der Waals surface area contributed by atoms with E-state index in [-0.39, 0.29) is 44.8 Å². The smallest absolute Gasteiger partial charge is 0.278 e. The largest absolute Gasteiger partial charge is 0.399 e. The average Bonchev–Trinajstić information content (AvgIpc) is 3.40. The molecule has 0 aliphatic heterocycles. The number of hydrogen-bond donors (Lipinski definition) is 1. The molecule has 0 aliphatic carbocycles. The maximum Gasteiger partial charge on any atom is 0.278 e. The fraction of sp³-hybridized carbons (Fsp3) is 0.200. The average molecular weight is 633 g/mol. The highest BCUT2D eigenvalue weighted by molar-refractivity contribution is 7.95. The number of thiophene rings is 2. The van der Waals surface area contributed by atoms with Crippen LogP contribution in [0, 0.1) is 0 Å². The third-order valence-corrected chi connectivity index (χ3v) is 13.4. The first kappa shape index (κ1) is 27.0. The van der Waals surface area contributed by atoms with Crippen molar-refractivity contribution in [2.75, 3.05) is 26.4 Å². The van der Waals surface area contributed by atoms with Crippen molar-refractivity contribution in [2.24, 2.45) is 0 Å². The van der Waals surface area contributed by atoms with Crippen molar-refractivity contribution >= 4 is 106 Å². The molecule has 15 heteroatoms. The molecule has 35 heavy (non-hydrogen) atoms. The van der Waals surface area contributed by atoms with E-state index in [1.165, 1.54) is 18.2 Å². The summed E-state index contributed by atoms with van der Waals surface area (Å²) in [5, 5.41) is 0.123. The van der Waals surface area contributed by atoms with Crippen LogP contribution in [-0.4, -0.2) is 46.3 Å². The summed E-state index contributed by atoms with van der Waals surface area (Å²) in [6.07, 6.45) is 0.239. The predicted octanol–water partition coefficient (Wildman–Crippen LogP) is 6.13. The van der Waals surface area contributed by atoms with Gasteiger partial charge in [0.15, 0.2) is 5.03 Å². The van der Waals surface area contributed by atoms with Gasteiger partial charge in [-0.1, -0.05) is 52.5 Å². The highest BCUT2D eigenvalue weighted by atomic mass is 35.5. The molecule has 2 N–H and O–H groups in total. The molecule has 0 spiro atoms. The Morgan fingerprint density at radius 3 is 2.00 bits per heavy atom. The summed E-state index contributed by atoms with van der Waals surface area (Å²) in [6, 6.07) is 7.03. The molecule has 188 valence electrons. The van der Waals surface area contributed by atoms with Crippen LogP contribution in [-0.2, 0) is 26.3 Å². The molecule has 1 aromatic carbocycles. The van der Waals surface area contributed by atoms with E-state index in [9.17, 15) is 16.8 Å². The molecule has 0 aliphatic rings. The molecule has 7 nitrogen and oxygen atoms in total. The molecule has 3 heterocycles. The van der Waals surface area contributed by atoms with Gasteiger partial charge in [-0.15, -0.1) is 22.7 Å². The minimum Gasteiger partial charge on any atom is -0.399 e. The van der Waals surface area contributed by atoms with Crippen LogP contribution in [0.15, 0.2) is 43.8 Å². The number of anilines is 1. The van der Waals surface area contributed by atoms with Gasteiger partial charge in [0.1, 0.15) is 17.1 Å². The van der Waals surface area contributed by atoms with E-state index in [2.05, 4.69) is 0 Å². The Labute approximate surface area is 230 Å². The van der Waals surface area contributed by atoms with E-state index in [1.807, 2.05) is 19.0 Å². The Kier molecular flexibility index (Phi) is 7.49. The lowest BCUT2D eigenvalue weighted by atomic mass is 10.1. The molecule has 3 aromatic heterocycles. The Morgan fingerprint density at radius 1 is 0.914 bits per heavy atom. The standard InChI is InChI=1S/C20H17Cl4N3O4S4/c1-26(2)6-5-12-11-4-3-10(25)7-15(11)27(35(30,31)17-9-14(22)19(24)33-17)20(12)34(28,29)16-8-13(21)18(23)32-16/h3-4,7-9H,5-6,25H2,1-2H3. The second kappa shape index (κ2) is 9.70. The van der Waals surface area contributed by atoms with Crippen molar-refractivity contribution in [3.05, 3.63) is 54.6 Å². The fourth-order valence-corrected chi connectivity index (χ4v) is 11.0. The molecule has 0 saturated carbocycles. The van der Waals surface area contributed by atoms with Gasteiger partial charge in [-0.3, -0.25) is 0 Å². The van der Waals surface area contributed by atoms with E-state index < -0.39 is 24.9 Å². The second-order valence-corrected chi connectivity index (χ2v) is 16.0. The third kappa shape index (κ3) is 4.83. The summed E-state index contributed by atoms with van der Waals surface area (Å²) in [4.78, 5) is 1.86. The normalized spacial score (nSPS) is 12.8. The molecule has 4 aromatic rings. The van der Waals surface area contributed by atoms with Crippen LogP contribution in [0.4, 0.5) is 5.69 Å². The van der Waals surface area contributed by atoms with Gasteiger partial charge in [0, 0.05) is 17.6 Å². The number of likely N-dealkylation sites (N-methyl/N-ethyl adjacent to an activating group) is 1. The second-order valence-electron chi connectivity index (χ2n) is 7.76. The minimum absolute atomic E-state index is 0.0419. The monoisotopic (exact) mass is 631 g/mol. The number of rotatable bonds is 7. The van der Waals surface area contributed by atoms with E-state index in [4.69, 9.17) is 52.1 Å². The Balaban J connectivity index is 2.16. The highest BCUT2D eigenvalue weighted by Crippen LogP contribution is 2.43. The number of nitrogens with two attached hydrogens (primary N) is 1. The quantitative estimate of drug-likeness (QED) is 0.246. The summed E-state index contributed by atoms with van der Waals surface area (Å²) in [7, 11) is -5.22. The number of fused-ring (bicyclic) bond motifs is 1. The molecule has 0 bridgehead atoms. The van der Waals surface area contributed by atoms with Crippen molar-refractivity contribution in [1.29, 1.82) is 0 Å². The first-order chi connectivity index (χ1) is 16.2. The molecular formula is C20H17Cl4N3O4S4. The van der Waals surface area contributed by atoms with Crippen molar-refractivity contribution in [2.45, 2.75) is 19.9 Å². The Bertz CT molecular complexity index is 1630. The summed E-state index contributed by atoms with van der Waals surface area (Å²) in [5.74, 6) is 0. The summed E-state index contributed by atoms with van der Waals surface area (Å²) < 4.78 is 56.4. The molecule has 0 atom stereocenters. The molecule has 0 unspecified atom stereocenters. The van der Waals surface area contributed by atoms with Crippen molar-refractivity contribution in [3.63, 3.8) is 0 Å². The Morgan fingerprint density at radius 2 is 1.49 bits per heavy atom. The molecule has 0 saturated heterocycles. The number of sulfone groups is 1. The van der Waals surface area contributed by atoms with Crippen LogP contribution >= 0.6 is 69.1 Å². The van der Waals surface area contributed by atoms with Crippen LogP contribution in [0.5, 0.6) is 0 Å². The van der Waals surface area contributed by atoms with Crippen molar-refractivity contribution in [1.82, 2.24) is 8.87 Å². The lowest BCUT2D eigenvalue weighted by Gasteiger charge is -2.13. The Hall–Kier alpha value is -1.02. The number of halogens is 4. The van der Waals surface area contributed by atoms with Crippen LogP contribution in [0.25, 0.3) is 10.9 Å². The SMILES string of the molecule is CN(C)CCc1c(S(=O)(=O)c2cc(Cl)c(Cl)s2)n(S(=O)(=O)c2cc(Cl)c(Cl)s2)c2cc(N)ccc12. The van der Waals surface area contributed by atoms with Gasteiger partial charge in [0.05, 0.1) is 15.6 Å². The maximum absolute atomic E-state index is 14.0. The summed E-state index contributed by atoms with van der Waals surface area (Å²) in [6.45, 7) is 0.453. The van der Waals surface area contributed by atoms with E-state index in [1.54, 1.807) is 12.1 Å². The molecular weight excluding hydrogens is 616 g/mol. The highest BCUT2D eigenvalue weighted by Gasteiger charge is 2.37. The zero-order valence-corrected chi connectivity index (χ0v) is 24.3. The number of nitrogens with zero attached hydrogens (tertiary/aromatic N) is 2. The third-order valence-electron chi connectivity index (χ3n) is 5.08. The zero-order chi connectivity index (χ0) is 25.9. The summed E-state index contributed by atoms with van der Waals surface area (Å²) in [5.41, 5.74) is 6.70. The van der Waals surface area contributed by atoms with Gasteiger partial charge in [-0.2, -0.15) is 8.42 Å². The number of benzene rings is 1. The van der Waals surface area contributed by atoms with Gasteiger partial charge in [0.25, 0.3) is 10.0 Å². The van der Waals surface area contributed by atoms with Crippen LogP contribution in [0.2, 0.25) is 18.7 Å². The minimum atomic E-state index is -4.47. The van der Waals surface area contributed by atoms with Gasteiger partial charge in [-0.05, 0) is 50.3 Å². The van der Waals surface area contributed by atoms with Gasteiger partial charge in [0.2, 0.25) is 9.84 Å². The summed E-state index contributed by atoms with van der Waals surface area (Å²) >= 11 is 25.7. The topological polar surface area (TPSA) is 102 Å². The van der Waals surface area contributed by atoms with E-state index >= 15 is 0 Å². The first-order valence-corrected chi connectivity index (χ1v) is 15.8. The van der Waals surface area contributed by atoms with Gasteiger partial charge in [-0.25, -0.2) is 12.4 Å². The number of aromatic nitrogens is 1. The lowest BCUT2D eigenvalue weighted by Crippen LogP contribution is -2.20. The van der Waals surface area contributed by atoms with Crippen molar-refractivity contribution < 1.29 is 16.8 Å². The lowest BCUT2D eigenvalue weighted by molar-refractivity contribution is 0.412. The molecule has 0 radical (unpaired) electrons. The van der Waals surface area contributed by atoms with Crippen molar-refractivity contribution in [3.8, 4) is 0 Å². The van der Waals surface area contributed by atoms with Gasteiger partial charge >= 0.3 is 0 Å². The first-order valence-electron chi connectivity index (χ1n) is 9.73. The maximum atomic E-state index is 14.0. The van der Waals surface area contributed by atoms with Crippen LogP contribution in [0.1, 0.15) is 5.56 Å². The van der Waals surface area contributed by atoms with Crippen LogP contribution in [0.3, 0.4) is 0 Å². The number of hydrogen-bond acceptors (Lipinski definition) is 8. The zero-order valence-electron chi connectivity index (χ0n) is 18.1. The molecule has 0 amide bonds. The van der Waals surface area contributed by atoms with Gasteiger partial charge < -0.3 is 10.6 Å².